The third kappa shape index (κ3) is 2.20. The molecule has 1 N–H and O–H groups in total. The van der Waals surface area contributed by atoms with Crippen molar-refractivity contribution in [3.8, 4) is 0 Å². The Labute approximate surface area is 78.3 Å². The number of carbonyl (C=O) groups is 1. The third-order valence-corrected chi connectivity index (χ3v) is 2.29. The zero-order chi connectivity index (χ0) is 9.84. The molecule has 1 atom stereocenters. The van der Waals surface area contributed by atoms with Crippen molar-refractivity contribution in [3.63, 3.8) is 0 Å². The van der Waals surface area contributed by atoms with Gasteiger partial charge in [0.15, 0.2) is 0 Å². The summed E-state index contributed by atoms with van der Waals surface area (Å²) in [7, 11) is 1.90. The number of amidine groups is 1. The monoisotopic (exact) mass is 184 g/mol. The minimum atomic E-state index is -0.755. The van der Waals surface area contributed by atoms with Crippen LogP contribution < -0.4 is 0 Å². The zero-order valence-electron chi connectivity index (χ0n) is 8.16. The van der Waals surface area contributed by atoms with Crippen LogP contribution in [0.1, 0.15) is 19.8 Å². The largest absolute Gasteiger partial charge is 0.481 e. The van der Waals surface area contributed by atoms with Gasteiger partial charge in [-0.05, 0) is 6.42 Å². The summed E-state index contributed by atoms with van der Waals surface area (Å²) in [6.07, 6.45) is 1.56. The molecule has 1 heterocycles. The number of carboxylic acid groups (broad SMARTS) is 1. The first-order chi connectivity index (χ1) is 6.16. The van der Waals surface area contributed by atoms with Crippen LogP contribution in [0.5, 0.6) is 0 Å². The van der Waals surface area contributed by atoms with Crippen molar-refractivity contribution in [1.29, 1.82) is 0 Å². The van der Waals surface area contributed by atoms with Gasteiger partial charge in [-0.3, -0.25) is 9.79 Å². The van der Waals surface area contributed by atoms with E-state index in [4.69, 9.17) is 5.11 Å². The second-order valence-electron chi connectivity index (χ2n) is 3.34. The van der Waals surface area contributed by atoms with Gasteiger partial charge in [0.1, 0.15) is 11.8 Å². The molecule has 0 aliphatic carbocycles. The molecule has 0 aromatic carbocycles. The Morgan fingerprint density at radius 1 is 1.77 bits per heavy atom. The predicted octanol–water partition coefficient (Wildman–Crippen LogP) is 0.831. The standard InChI is InChI=1S/C9H16N2O2/c1-3-4-7(9(12)13)8-10-5-6-11(8)2/h7H,3-6H2,1-2H3,(H,12,13). The molecule has 1 aliphatic rings. The summed E-state index contributed by atoms with van der Waals surface area (Å²) >= 11 is 0. The fourth-order valence-corrected chi connectivity index (χ4v) is 1.58. The van der Waals surface area contributed by atoms with Crippen LogP contribution in [0.25, 0.3) is 0 Å². The highest BCUT2D eigenvalue weighted by Gasteiger charge is 2.27. The van der Waals surface area contributed by atoms with E-state index in [1.165, 1.54) is 0 Å². The van der Waals surface area contributed by atoms with E-state index in [0.29, 0.717) is 6.42 Å². The summed E-state index contributed by atoms with van der Waals surface area (Å²) in [6, 6.07) is 0. The summed E-state index contributed by atoms with van der Waals surface area (Å²) in [5, 5.41) is 8.98. The molecule has 0 radical (unpaired) electrons. The number of rotatable bonds is 4. The van der Waals surface area contributed by atoms with Crippen LogP contribution in [0.15, 0.2) is 4.99 Å². The van der Waals surface area contributed by atoms with Gasteiger partial charge in [-0.1, -0.05) is 13.3 Å². The van der Waals surface area contributed by atoms with Gasteiger partial charge >= 0.3 is 5.97 Å². The molecule has 1 unspecified atom stereocenters. The predicted molar refractivity (Wildman–Crippen MR) is 51.0 cm³/mol. The Bertz CT molecular complexity index is 226. The van der Waals surface area contributed by atoms with Gasteiger partial charge in [-0.25, -0.2) is 0 Å². The molecule has 1 aliphatic heterocycles. The van der Waals surface area contributed by atoms with E-state index in [9.17, 15) is 4.79 Å². The van der Waals surface area contributed by atoms with Crippen molar-refractivity contribution in [3.05, 3.63) is 0 Å². The molecule has 0 aromatic heterocycles. The maximum absolute atomic E-state index is 10.9. The zero-order valence-corrected chi connectivity index (χ0v) is 8.16. The molecule has 0 bridgehead atoms. The Balaban J connectivity index is 2.69. The highest BCUT2D eigenvalue weighted by molar-refractivity contribution is 6.00. The van der Waals surface area contributed by atoms with E-state index in [2.05, 4.69) is 4.99 Å². The molecular formula is C9H16N2O2. The quantitative estimate of drug-likeness (QED) is 0.704. The fourth-order valence-electron chi connectivity index (χ4n) is 1.58. The van der Waals surface area contributed by atoms with Crippen LogP contribution in [-0.4, -0.2) is 41.9 Å². The van der Waals surface area contributed by atoms with Crippen molar-refractivity contribution in [2.75, 3.05) is 20.1 Å². The minimum Gasteiger partial charge on any atom is -0.481 e. The summed E-state index contributed by atoms with van der Waals surface area (Å²) in [6.45, 7) is 3.58. The van der Waals surface area contributed by atoms with E-state index in [1.54, 1.807) is 0 Å². The Kier molecular flexibility index (Phi) is 3.28. The van der Waals surface area contributed by atoms with Crippen molar-refractivity contribution >= 4 is 11.8 Å². The molecule has 4 heteroatoms. The first kappa shape index (κ1) is 10.0. The van der Waals surface area contributed by atoms with E-state index in [0.717, 1.165) is 25.3 Å². The van der Waals surface area contributed by atoms with Gasteiger partial charge in [-0.2, -0.15) is 0 Å². The Hall–Kier alpha value is -1.06. The lowest BCUT2D eigenvalue weighted by molar-refractivity contribution is -0.139. The Morgan fingerprint density at radius 3 is 2.85 bits per heavy atom. The van der Waals surface area contributed by atoms with Crippen LogP contribution >= 0.6 is 0 Å². The fraction of sp³-hybridized carbons (Fsp3) is 0.778. The lowest BCUT2D eigenvalue weighted by Crippen LogP contribution is -2.34. The van der Waals surface area contributed by atoms with Gasteiger partial charge in [0.25, 0.3) is 0 Å². The molecule has 0 fully saturated rings. The number of carboxylic acids is 1. The topological polar surface area (TPSA) is 52.9 Å². The van der Waals surface area contributed by atoms with Gasteiger partial charge < -0.3 is 10.0 Å². The summed E-state index contributed by atoms with van der Waals surface area (Å²) in [4.78, 5) is 17.1. The van der Waals surface area contributed by atoms with Crippen LogP contribution in [0.2, 0.25) is 0 Å². The number of likely N-dealkylation sites (N-methyl/N-ethyl adjacent to an activating group) is 1. The smallest absolute Gasteiger partial charge is 0.314 e. The highest BCUT2D eigenvalue weighted by Crippen LogP contribution is 2.14. The molecule has 0 amide bonds. The second kappa shape index (κ2) is 4.25. The lowest BCUT2D eigenvalue weighted by Gasteiger charge is -2.19. The lowest BCUT2D eigenvalue weighted by atomic mass is 10.0. The SMILES string of the molecule is CCCC(C(=O)O)C1=NCCN1C. The Morgan fingerprint density at radius 2 is 2.46 bits per heavy atom. The average molecular weight is 184 g/mol. The van der Waals surface area contributed by atoms with Gasteiger partial charge in [0.05, 0.1) is 6.54 Å². The molecule has 13 heavy (non-hydrogen) atoms. The van der Waals surface area contributed by atoms with Crippen molar-refractivity contribution in [1.82, 2.24) is 4.90 Å². The molecular weight excluding hydrogens is 168 g/mol. The number of aliphatic imine (C=N–C) groups is 1. The highest BCUT2D eigenvalue weighted by atomic mass is 16.4. The molecule has 74 valence electrons. The van der Waals surface area contributed by atoms with E-state index in [1.807, 2.05) is 18.9 Å². The maximum atomic E-state index is 10.9. The van der Waals surface area contributed by atoms with Gasteiger partial charge in [0.2, 0.25) is 0 Å². The maximum Gasteiger partial charge on any atom is 0.314 e. The first-order valence-electron chi connectivity index (χ1n) is 4.65. The van der Waals surface area contributed by atoms with E-state index < -0.39 is 11.9 Å². The van der Waals surface area contributed by atoms with Crippen LogP contribution in [0.3, 0.4) is 0 Å². The normalized spacial score (nSPS) is 18.6. The van der Waals surface area contributed by atoms with Crippen molar-refractivity contribution in [2.24, 2.45) is 10.9 Å². The van der Waals surface area contributed by atoms with Crippen LogP contribution in [0, 0.1) is 5.92 Å². The van der Waals surface area contributed by atoms with Crippen molar-refractivity contribution < 1.29 is 9.90 Å². The van der Waals surface area contributed by atoms with Crippen molar-refractivity contribution in [2.45, 2.75) is 19.8 Å². The first-order valence-corrected chi connectivity index (χ1v) is 4.65. The van der Waals surface area contributed by atoms with Crippen LogP contribution in [0.4, 0.5) is 0 Å². The third-order valence-electron chi connectivity index (χ3n) is 2.29. The molecule has 0 saturated carbocycles. The number of hydrogen-bond acceptors (Lipinski definition) is 3. The molecule has 0 saturated heterocycles. The van der Waals surface area contributed by atoms with Gasteiger partial charge in [0, 0.05) is 13.6 Å². The summed E-state index contributed by atoms with van der Waals surface area (Å²) in [5.74, 6) is -0.416. The second-order valence-corrected chi connectivity index (χ2v) is 3.34. The minimum absolute atomic E-state index is 0.405. The van der Waals surface area contributed by atoms with E-state index in [-0.39, 0.29) is 0 Å². The number of aliphatic carboxylic acids is 1. The summed E-state index contributed by atoms with van der Waals surface area (Å²) < 4.78 is 0. The molecule has 4 nitrogen and oxygen atoms in total. The van der Waals surface area contributed by atoms with Gasteiger partial charge in [-0.15, -0.1) is 0 Å². The van der Waals surface area contributed by atoms with E-state index >= 15 is 0 Å². The average Bonchev–Trinajstić information content (AvgIpc) is 2.47. The molecule has 0 spiro atoms. The number of nitrogens with zero attached hydrogens (tertiary/aromatic N) is 2. The molecule has 1 rings (SSSR count). The molecule has 0 aromatic rings. The van der Waals surface area contributed by atoms with Crippen LogP contribution in [-0.2, 0) is 4.79 Å². The summed E-state index contributed by atoms with van der Waals surface area (Å²) in [5.41, 5.74) is 0. The number of hydrogen-bond donors (Lipinski definition) is 1.